The first-order chi connectivity index (χ1) is 9.81. The molecular formula is C16H27N3O. The van der Waals surface area contributed by atoms with Gasteiger partial charge in [-0.15, -0.1) is 0 Å². The Balaban J connectivity index is 1.67. The molecule has 1 heterocycles. The molecule has 2 N–H and O–H groups in total. The van der Waals surface area contributed by atoms with E-state index < -0.39 is 0 Å². The van der Waals surface area contributed by atoms with E-state index in [0.717, 1.165) is 45.7 Å². The Hall–Kier alpha value is -0.940. The van der Waals surface area contributed by atoms with Gasteiger partial charge in [0.25, 0.3) is 0 Å². The molecule has 1 saturated heterocycles. The molecule has 1 aromatic rings. The van der Waals surface area contributed by atoms with Gasteiger partial charge in [0.2, 0.25) is 0 Å². The number of benzene rings is 1. The third-order valence-corrected chi connectivity index (χ3v) is 4.08. The number of hydrogen-bond donors (Lipinski definition) is 1. The van der Waals surface area contributed by atoms with Crippen molar-refractivity contribution >= 4 is 0 Å². The van der Waals surface area contributed by atoms with Crippen LogP contribution in [0.5, 0.6) is 0 Å². The monoisotopic (exact) mass is 277 g/mol. The van der Waals surface area contributed by atoms with Gasteiger partial charge in [-0.2, -0.15) is 0 Å². The highest BCUT2D eigenvalue weighted by Gasteiger charge is 2.17. The summed E-state index contributed by atoms with van der Waals surface area (Å²) >= 11 is 0. The van der Waals surface area contributed by atoms with Crippen molar-refractivity contribution in [3.8, 4) is 0 Å². The number of nitrogens with two attached hydrogens (primary N) is 1. The molecule has 0 bridgehead atoms. The lowest BCUT2D eigenvalue weighted by molar-refractivity contribution is 0.0738. The number of piperazine rings is 1. The van der Waals surface area contributed by atoms with Gasteiger partial charge in [-0.05, 0) is 12.0 Å². The Morgan fingerprint density at radius 1 is 1.10 bits per heavy atom. The maximum Gasteiger partial charge on any atom is 0.0705 e. The lowest BCUT2D eigenvalue weighted by atomic mass is 10.2. The molecule has 1 fully saturated rings. The molecule has 4 nitrogen and oxygen atoms in total. The molecule has 1 aromatic carbocycles. The van der Waals surface area contributed by atoms with E-state index in [1.165, 1.54) is 5.56 Å². The number of ether oxygens (including phenoxy) is 1. The van der Waals surface area contributed by atoms with Gasteiger partial charge in [0, 0.05) is 52.9 Å². The molecule has 112 valence electrons. The SMILES string of the molecule is COC(CN)CCN1CCN(Cc2ccccc2)CC1. The van der Waals surface area contributed by atoms with E-state index in [0.29, 0.717) is 6.54 Å². The van der Waals surface area contributed by atoms with Crippen LogP contribution >= 0.6 is 0 Å². The first-order valence-electron chi connectivity index (χ1n) is 7.53. The molecule has 0 spiro atoms. The summed E-state index contributed by atoms with van der Waals surface area (Å²) in [5.74, 6) is 0. The normalized spacial score (nSPS) is 19.1. The van der Waals surface area contributed by atoms with Gasteiger partial charge in [-0.25, -0.2) is 0 Å². The van der Waals surface area contributed by atoms with Gasteiger partial charge >= 0.3 is 0 Å². The van der Waals surface area contributed by atoms with Gasteiger partial charge < -0.3 is 15.4 Å². The maximum atomic E-state index is 5.66. The summed E-state index contributed by atoms with van der Waals surface area (Å²) in [6, 6.07) is 10.7. The van der Waals surface area contributed by atoms with Gasteiger partial charge in [-0.1, -0.05) is 30.3 Å². The number of rotatable bonds is 7. The van der Waals surface area contributed by atoms with Gasteiger partial charge in [-0.3, -0.25) is 4.90 Å². The molecule has 0 aliphatic carbocycles. The van der Waals surface area contributed by atoms with Crippen LogP contribution in [-0.2, 0) is 11.3 Å². The van der Waals surface area contributed by atoms with Crippen LogP contribution in [0.25, 0.3) is 0 Å². The second-order valence-electron chi connectivity index (χ2n) is 5.49. The molecule has 0 aromatic heterocycles. The lowest BCUT2D eigenvalue weighted by Gasteiger charge is -2.35. The summed E-state index contributed by atoms with van der Waals surface area (Å²) in [7, 11) is 1.75. The second kappa shape index (κ2) is 8.37. The fourth-order valence-corrected chi connectivity index (χ4v) is 2.67. The summed E-state index contributed by atoms with van der Waals surface area (Å²) in [5, 5.41) is 0. The molecule has 4 heteroatoms. The Labute approximate surface area is 122 Å². The minimum absolute atomic E-state index is 0.206. The van der Waals surface area contributed by atoms with Crippen molar-refractivity contribution in [3.05, 3.63) is 35.9 Å². The first kappa shape index (κ1) is 15.4. The molecule has 0 saturated carbocycles. The van der Waals surface area contributed by atoms with Crippen LogP contribution < -0.4 is 5.73 Å². The number of nitrogens with zero attached hydrogens (tertiary/aromatic N) is 2. The summed E-state index contributed by atoms with van der Waals surface area (Å²) in [6.45, 7) is 7.36. The summed E-state index contributed by atoms with van der Waals surface area (Å²) in [4.78, 5) is 5.05. The fraction of sp³-hybridized carbons (Fsp3) is 0.625. The van der Waals surface area contributed by atoms with Gasteiger partial charge in [0.1, 0.15) is 0 Å². The molecule has 1 aliphatic heterocycles. The predicted molar refractivity (Wildman–Crippen MR) is 82.6 cm³/mol. The van der Waals surface area contributed by atoms with E-state index in [1.54, 1.807) is 7.11 Å². The van der Waals surface area contributed by atoms with Crippen LogP contribution in [-0.4, -0.2) is 62.3 Å². The third-order valence-electron chi connectivity index (χ3n) is 4.08. The standard InChI is InChI=1S/C16H27N3O/c1-20-16(13-17)7-8-18-9-11-19(12-10-18)14-15-5-3-2-4-6-15/h2-6,16H,7-14,17H2,1H3. The molecule has 20 heavy (non-hydrogen) atoms. The average Bonchev–Trinajstić information content (AvgIpc) is 2.51. The molecule has 0 amide bonds. The van der Waals surface area contributed by atoms with E-state index in [9.17, 15) is 0 Å². The minimum atomic E-state index is 0.206. The van der Waals surface area contributed by atoms with Gasteiger partial charge in [0.15, 0.2) is 0 Å². The van der Waals surface area contributed by atoms with Crippen molar-refractivity contribution in [1.82, 2.24) is 9.80 Å². The van der Waals surface area contributed by atoms with Crippen LogP contribution in [0.15, 0.2) is 30.3 Å². The molecule has 1 aliphatic rings. The Bertz CT molecular complexity index is 359. The van der Waals surface area contributed by atoms with Crippen LogP contribution in [0.2, 0.25) is 0 Å². The van der Waals surface area contributed by atoms with Crippen molar-refractivity contribution < 1.29 is 4.74 Å². The molecule has 2 rings (SSSR count). The van der Waals surface area contributed by atoms with Crippen LogP contribution in [0, 0.1) is 0 Å². The molecule has 1 atom stereocenters. The third kappa shape index (κ3) is 4.87. The van der Waals surface area contributed by atoms with E-state index in [-0.39, 0.29) is 6.10 Å². The van der Waals surface area contributed by atoms with Crippen LogP contribution in [0.4, 0.5) is 0 Å². The summed E-state index contributed by atoms with van der Waals surface area (Å²) in [5.41, 5.74) is 7.06. The number of methoxy groups -OCH3 is 1. The highest BCUT2D eigenvalue weighted by molar-refractivity contribution is 5.14. The van der Waals surface area contributed by atoms with E-state index in [2.05, 4.69) is 40.1 Å². The van der Waals surface area contributed by atoms with Crippen molar-refractivity contribution in [2.75, 3.05) is 46.4 Å². The largest absolute Gasteiger partial charge is 0.380 e. The Morgan fingerprint density at radius 3 is 2.35 bits per heavy atom. The molecule has 1 unspecified atom stereocenters. The van der Waals surface area contributed by atoms with Crippen LogP contribution in [0.1, 0.15) is 12.0 Å². The second-order valence-corrected chi connectivity index (χ2v) is 5.49. The van der Waals surface area contributed by atoms with E-state index in [1.807, 2.05) is 0 Å². The Morgan fingerprint density at radius 2 is 1.75 bits per heavy atom. The topological polar surface area (TPSA) is 41.7 Å². The van der Waals surface area contributed by atoms with Gasteiger partial charge in [0.05, 0.1) is 6.10 Å². The minimum Gasteiger partial charge on any atom is -0.380 e. The van der Waals surface area contributed by atoms with Crippen molar-refractivity contribution in [2.24, 2.45) is 5.73 Å². The number of hydrogen-bond acceptors (Lipinski definition) is 4. The summed E-state index contributed by atoms with van der Waals surface area (Å²) in [6.07, 6.45) is 1.24. The zero-order valence-electron chi connectivity index (χ0n) is 12.5. The van der Waals surface area contributed by atoms with Crippen molar-refractivity contribution in [2.45, 2.75) is 19.1 Å². The highest BCUT2D eigenvalue weighted by Crippen LogP contribution is 2.09. The first-order valence-corrected chi connectivity index (χ1v) is 7.53. The quantitative estimate of drug-likeness (QED) is 0.812. The molecule has 0 radical (unpaired) electrons. The smallest absolute Gasteiger partial charge is 0.0705 e. The Kier molecular flexibility index (Phi) is 6.47. The lowest BCUT2D eigenvalue weighted by Crippen LogP contribution is -2.46. The predicted octanol–water partition coefficient (Wildman–Crippen LogP) is 1.17. The molecular weight excluding hydrogens is 250 g/mol. The average molecular weight is 277 g/mol. The van der Waals surface area contributed by atoms with Crippen LogP contribution in [0.3, 0.4) is 0 Å². The van der Waals surface area contributed by atoms with Crippen molar-refractivity contribution in [1.29, 1.82) is 0 Å². The fourth-order valence-electron chi connectivity index (χ4n) is 2.67. The van der Waals surface area contributed by atoms with E-state index in [4.69, 9.17) is 10.5 Å². The van der Waals surface area contributed by atoms with Crippen molar-refractivity contribution in [3.63, 3.8) is 0 Å². The highest BCUT2D eigenvalue weighted by atomic mass is 16.5. The summed E-state index contributed by atoms with van der Waals surface area (Å²) < 4.78 is 5.33. The maximum absolute atomic E-state index is 5.66. The van der Waals surface area contributed by atoms with E-state index >= 15 is 0 Å². The zero-order chi connectivity index (χ0) is 14.2. The zero-order valence-corrected chi connectivity index (χ0v) is 12.5.